The van der Waals surface area contributed by atoms with E-state index in [1.54, 1.807) is 16.4 Å². The van der Waals surface area contributed by atoms with Gasteiger partial charge in [0.05, 0.1) is 5.69 Å². The minimum Gasteiger partial charge on any atom is -0.480 e. The van der Waals surface area contributed by atoms with Gasteiger partial charge in [0.2, 0.25) is 5.91 Å². The SMILES string of the molecule is Cc1nn(C)c(C)c1CCC(=O)NC1(C(=O)O)CCSCC1. The van der Waals surface area contributed by atoms with Gasteiger partial charge in [-0.3, -0.25) is 9.48 Å². The summed E-state index contributed by atoms with van der Waals surface area (Å²) in [6, 6.07) is 0. The third-order valence-corrected chi connectivity index (χ3v) is 5.38. The molecule has 1 aromatic rings. The molecule has 22 heavy (non-hydrogen) atoms. The Hall–Kier alpha value is -1.50. The molecule has 2 heterocycles. The number of carbonyl (C=O) groups is 2. The topological polar surface area (TPSA) is 84.2 Å². The van der Waals surface area contributed by atoms with Gasteiger partial charge >= 0.3 is 5.97 Å². The third kappa shape index (κ3) is 3.45. The van der Waals surface area contributed by atoms with Crippen molar-refractivity contribution in [3.8, 4) is 0 Å². The fourth-order valence-corrected chi connectivity index (χ4v) is 4.05. The van der Waals surface area contributed by atoms with E-state index < -0.39 is 11.5 Å². The van der Waals surface area contributed by atoms with Crippen molar-refractivity contribution in [2.45, 2.75) is 45.1 Å². The zero-order chi connectivity index (χ0) is 16.3. The first-order chi connectivity index (χ1) is 10.4. The summed E-state index contributed by atoms with van der Waals surface area (Å²) in [5.41, 5.74) is 1.96. The number of aryl methyl sites for hydroxylation is 2. The average Bonchev–Trinajstić information content (AvgIpc) is 2.71. The van der Waals surface area contributed by atoms with Crippen molar-refractivity contribution in [3.05, 3.63) is 17.0 Å². The van der Waals surface area contributed by atoms with Crippen molar-refractivity contribution in [2.75, 3.05) is 11.5 Å². The second-order valence-corrected chi connectivity index (χ2v) is 7.05. The number of aliphatic carboxylic acids is 1. The molecule has 1 fully saturated rings. The number of carboxylic acid groups (broad SMARTS) is 1. The lowest BCUT2D eigenvalue weighted by atomic mass is 9.92. The van der Waals surface area contributed by atoms with E-state index in [2.05, 4.69) is 10.4 Å². The highest BCUT2D eigenvalue weighted by atomic mass is 32.2. The Balaban J connectivity index is 1.98. The molecule has 0 saturated carbocycles. The summed E-state index contributed by atoms with van der Waals surface area (Å²) in [7, 11) is 1.88. The Morgan fingerprint density at radius 1 is 1.36 bits per heavy atom. The van der Waals surface area contributed by atoms with Crippen LogP contribution in [0.5, 0.6) is 0 Å². The second-order valence-electron chi connectivity index (χ2n) is 5.82. The lowest BCUT2D eigenvalue weighted by molar-refractivity contribution is -0.148. The van der Waals surface area contributed by atoms with Crippen LogP contribution < -0.4 is 5.32 Å². The molecule has 0 unspecified atom stereocenters. The Labute approximate surface area is 134 Å². The molecule has 122 valence electrons. The van der Waals surface area contributed by atoms with Crippen LogP contribution in [0.2, 0.25) is 0 Å². The maximum absolute atomic E-state index is 12.2. The van der Waals surface area contributed by atoms with Crippen molar-refractivity contribution >= 4 is 23.6 Å². The van der Waals surface area contributed by atoms with Gasteiger partial charge in [0.1, 0.15) is 5.54 Å². The predicted molar refractivity (Wildman–Crippen MR) is 86.1 cm³/mol. The standard InChI is InChI=1S/C15H23N3O3S/c1-10-12(11(2)18(3)17-10)4-5-13(19)16-15(14(20)21)6-8-22-9-7-15/h4-9H2,1-3H3,(H,16,19)(H,20,21). The Morgan fingerprint density at radius 3 is 2.50 bits per heavy atom. The van der Waals surface area contributed by atoms with Crippen molar-refractivity contribution in [1.29, 1.82) is 0 Å². The van der Waals surface area contributed by atoms with Gasteiger partial charge in [0.15, 0.2) is 0 Å². The molecule has 0 radical (unpaired) electrons. The number of nitrogens with zero attached hydrogens (tertiary/aromatic N) is 2. The largest absolute Gasteiger partial charge is 0.480 e. The molecule has 0 bridgehead atoms. The van der Waals surface area contributed by atoms with Crippen LogP contribution in [0, 0.1) is 13.8 Å². The molecule has 2 N–H and O–H groups in total. The van der Waals surface area contributed by atoms with E-state index in [0.717, 1.165) is 28.5 Å². The maximum atomic E-state index is 12.2. The van der Waals surface area contributed by atoms with Crippen molar-refractivity contribution in [1.82, 2.24) is 15.1 Å². The van der Waals surface area contributed by atoms with E-state index in [9.17, 15) is 14.7 Å². The van der Waals surface area contributed by atoms with Crippen LogP contribution in [-0.2, 0) is 23.1 Å². The average molecular weight is 325 g/mol. The first-order valence-electron chi connectivity index (χ1n) is 7.47. The number of hydrogen-bond acceptors (Lipinski definition) is 4. The van der Waals surface area contributed by atoms with Gasteiger partial charge in [-0.05, 0) is 50.2 Å². The first-order valence-corrected chi connectivity index (χ1v) is 8.62. The number of carboxylic acids is 1. The summed E-state index contributed by atoms with van der Waals surface area (Å²) in [6.45, 7) is 3.90. The lowest BCUT2D eigenvalue weighted by Crippen LogP contribution is -2.56. The van der Waals surface area contributed by atoms with Crippen LogP contribution in [0.1, 0.15) is 36.2 Å². The van der Waals surface area contributed by atoms with Gasteiger partial charge in [0.25, 0.3) is 0 Å². The predicted octanol–water partition coefficient (Wildman–Crippen LogP) is 1.44. The van der Waals surface area contributed by atoms with Crippen LogP contribution in [0.15, 0.2) is 0 Å². The zero-order valence-corrected chi connectivity index (χ0v) is 14.1. The summed E-state index contributed by atoms with van der Waals surface area (Å²) >= 11 is 1.73. The summed E-state index contributed by atoms with van der Waals surface area (Å²) in [5.74, 6) is 0.424. The number of rotatable bonds is 5. The normalized spacial score (nSPS) is 17.2. The molecule has 6 nitrogen and oxygen atoms in total. The fourth-order valence-electron chi connectivity index (χ4n) is 2.86. The first kappa shape index (κ1) is 16.9. The maximum Gasteiger partial charge on any atom is 0.329 e. The van der Waals surface area contributed by atoms with E-state index in [1.807, 2.05) is 20.9 Å². The smallest absolute Gasteiger partial charge is 0.329 e. The van der Waals surface area contributed by atoms with Crippen LogP contribution in [-0.4, -0.2) is 43.8 Å². The zero-order valence-electron chi connectivity index (χ0n) is 13.3. The molecule has 1 aromatic heterocycles. The number of hydrogen-bond donors (Lipinski definition) is 2. The summed E-state index contributed by atoms with van der Waals surface area (Å²) in [4.78, 5) is 23.8. The molecular weight excluding hydrogens is 302 g/mol. The number of thioether (sulfide) groups is 1. The minimum atomic E-state index is -1.08. The fraction of sp³-hybridized carbons (Fsp3) is 0.667. The lowest BCUT2D eigenvalue weighted by Gasteiger charge is -2.33. The quantitative estimate of drug-likeness (QED) is 0.856. The highest BCUT2D eigenvalue weighted by Gasteiger charge is 2.41. The Bertz CT molecular complexity index is 577. The molecule has 0 aliphatic carbocycles. The minimum absolute atomic E-state index is 0.197. The van der Waals surface area contributed by atoms with Crippen LogP contribution in [0.25, 0.3) is 0 Å². The molecule has 0 spiro atoms. The van der Waals surface area contributed by atoms with E-state index in [0.29, 0.717) is 19.3 Å². The van der Waals surface area contributed by atoms with E-state index >= 15 is 0 Å². The van der Waals surface area contributed by atoms with Gasteiger partial charge in [-0.25, -0.2) is 4.79 Å². The molecule has 7 heteroatoms. The summed E-state index contributed by atoms with van der Waals surface area (Å²) < 4.78 is 1.81. The molecule has 1 saturated heterocycles. The molecule has 0 atom stereocenters. The Morgan fingerprint density at radius 2 is 2.00 bits per heavy atom. The van der Waals surface area contributed by atoms with Gasteiger partial charge in [-0.15, -0.1) is 0 Å². The van der Waals surface area contributed by atoms with Crippen LogP contribution in [0.3, 0.4) is 0 Å². The van der Waals surface area contributed by atoms with E-state index in [-0.39, 0.29) is 12.3 Å². The van der Waals surface area contributed by atoms with Gasteiger partial charge in [-0.1, -0.05) is 0 Å². The number of carbonyl (C=O) groups excluding carboxylic acids is 1. The monoisotopic (exact) mass is 325 g/mol. The summed E-state index contributed by atoms with van der Waals surface area (Å²) in [5, 5.41) is 16.6. The molecule has 1 amide bonds. The number of aromatic nitrogens is 2. The van der Waals surface area contributed by atoms with Crippen LogP contribution >= 0.6 is 11.8 Å². The molecule has 1 aliphatic rings. The van der Waals surface area contributed by atoms with E-state index in [1.165, 1.54) is 0 Å². The number of amides is 1. The number of nitrogens with one attached hydrogen (secondary N) is 1. The van der Waals surface area contributed by atoms with Crippen LogP contribution in [0.4, 0.5) is 0 Å². The van der Waals surface area contributed by atoms with Gasteiger partial charge < -0.3 is 10.4 Å². The van der Waals surface area contributed by atoms with Crippen molar-refractivity contribution in [3.63, 3.8) is 0 Å². The van der Waals surface area contributed by atoms with Crippen molar-refractivity contribution in [2.24, 2.45) is 7.05 Å². The molecular formula is C15H23N3O3S. The highest BCUT2D eigenvalue weighted by Crippen LogP contribution is 2.27. The molecule has 2 rings (SSSR count). The molecule has 0 aromatic carbocycles. The van der Waals surface area contributed by atoms with Gasteiger partial charge in [0, 0.05) is 19.2 Å². The second kappa shape index (κ2) is 6.73. The third-order valence-electron chi connectivity index (χ3n) is 4.40. The molecule has 1 aliphatic heterocycles. The van der Waals surface area contributed by atoms with Crippen molar-refractivity contribution < 1.29 is 14.7 Å². The summed E-state index contributed by atoms with van der Waals surface area (Å²) in [6.07, 6.45) is 1.85. The Kier molecular flexibility index (Phi) is 5.16. The van der Waals surface area contributed by atoms with E-state index in [4.69, 9.17) is 0 Å². The highest BCUT2D eigenvalue weighted by molar-refractivity contribution is 7.99. The van der Waals surface area contributed by atoms with Gasteiger partial charge in [-0.2, -0.15) is 16.9 Å².